The predicted octanol–water partition coefficient (Wildman–Crippen LogP) is 2.72. The van der Waals surface area contributed by atoms with Crippen LogP contribution in [0, 0.1) is 11.8 Å². The van der Waals surface area contributed by atoms with Gasteiger partial charge in [-0.25, -0.2) is 5.06 Å². The highest BCUT2D eigenvalue weighted by atomic mass is 16.5. The van der Waals surface area contributed by atoms with Crippen molar-refractivity contribution in [3.05, 3.63) is 71.4 Å². The molecule has 0 bridgehead atoms. The Kier molecular flexibility index (Phi) is 6.45. The van der Waals surface area contributed by atoms with Crippen molar-refractivity contribution in [1.29, 1.82) is 0 Å². The number of hydrogen-bond donors (Lipinski definition) is 1. The summed E-state index contributed by atoms with van der Waals surface area (Å²) < 4.78 is 7.41. The van der Waals surface area contributed by atoms with Crippen LogP contribution >= 0.6 is 0 Å². The number of carbonyl (C=O) groups excluding carboxylic acids is 1. The molecular formula is C24H25N3O3. The molecule has 2 aromatic carbocycles. The van der Waals surface area contributed by atoms with E-state index >= 15 is 0 Å². The first-order chi connectivity index (χ1) is 14.7. The number of benzene rings is 2. The number of hydroxylamine groups is 2. The summed E-state index contributed by atoms with van der Waals surface area (Å²) in [5.74, 6) is 6.48. The van der Waals surface area contributed by atoms with E-state index in [0.717, 1.165) is 54.9 Å². The van der Waals surface area contributed by atoms with E-state index in [-0.39, 0.29) is 6.54 Å². The molecule has 0 atom stereocenters. The smallest absolute Gasteiger partial charge is 0.233 e. The van der Waals surface area contributed by atoms with Gasteiger partial charge < -0.3 is 9.30 Å². The second-order valence-corrected chi connectivity index (χ2v) is 7.39. The highest BCUT2D eigenvalue weighted by Gasteiger charge is 2.10. The zero-order chi connectivity index (χ0) is 20.8. The Morgan fingerprint density at radius 1 is 1.03 bits per heavy atom. The van der Waals surface area contributed by atoms with Gasteiger partial charge in [0, 0.05) is 54.4 Å². The van der Waals surface area contributed by atoms with Crippen molar-refractivity contribution in [2.45, 2.75) is 13.1 Å². The first-order valence-corrected chi connectivity index (χ1v) is 10.1. The molecule has 1 aromatic heterocycles. The lowest BCUT2D eigenvalue weighted by Gasteiger charge is -2.26. The number of carbonyl (C=O) groups is 1. The Balaban J connectivity index is 1.41. The van der Waals surface area contributed by atoms with Gasteiger partial charge in [0.1, 0.15) is 0 Å². The second kappa shape index (κ2) is 9.59. The molecule has 154 valence electrons. The molecule has 30 heavy (non-hydrogen) atoms. The summed E-state index contributed by atoms with van der Waals surface area (Å²) in [6, 6.07) is 16.5. The van der Waals surface area contributed by atoms with E-state index < -0.39 is 0 Å². The first kappa shape index (κ1) is 20.2. The third-order valence-corrected chi connectivity index (χ3v) is 5.28. The largest absolute Gasteiger partial charge is 0.379 e. The van der Waals surface area contributed by atoms with E-state index in [1.807, 2.05) is 29.0 Å². The molecule has 0 radical (unpaired) electrons. The minimum absolute atomic E-state index is 0.246. The Morgan fingerprint density at radius 2 is 1.77 bits per heavy atom. The van der Waals surface area contributed by atoms with Crippen molar-refractivity contribution < 1.29 is 14.7 Å². The summed E-state index contributed by atoms with van der Waals surface area (Å²) in [6.07, 6.45) is 2.36. The van der Waals surface area contributed by atoms with E-state index in [4.69, 9.17) is 4.74 Å². The maximum atomic E-state index is 10.5. The van der Waals surface area contributed by atoms with Crippen molar-refractivity contribution in [2.75, 3.05) is 32.8 Å². The molecule has 0 spiro atoms. The van der Waals surface area contributed by atoms with Crippen LogP contribution in [-0.4, -0.2) is 59.0 Å². The number of fused-ring (bicyclic) bond motifs is 1. The van der Waals surface area contributed by atoms with Crippen molar-refractivity contribution in [3.63, 3.8) is 0 Å². The van der Waals surface area contributed by atoms with Gasteiger partial charge in [-0.15, -0.1) is 0 Å². The molecule has 3 aromatic rings. The van der Waals surface area contributed by atoms with Crippen LogP contribution in [0.1, 0.15) is 16.7 Å². The van der Waals surface area contributed by atoms with Crippen molar-refractivity contribution in [3.8, 4) is 11.8 Å². The maximum absolute atomic E-state index is 10.5. The van der Waals surface area contributed by atoms with Crippen LogP contribution in [0.2, 0.25) is 0 Å². The Labute approximate surface area is 176 Å². The van der Waals surface area contributed by atoms with Gasteiger partial charge in [0.25, 0.3) is 0 Å². The fraction of sp³-hybridized carbons (Fsp3) is 0.292. The van der Waals surface area contributed by atoms with E-state index in [1.54, 1.807) is 0 Å². The number of morpholine rings is 1. The molecule has 1 N–H and O–H groups in total. The van der Waals surface area contributed by atoms with Gasteiger partial charge in [-0.2, -0.15) is 0 Å². The zero-order valence-corrected chi connectivity index (χ0v) is 16.8. The number of hydrogen-bond acceptors (Lipinski definition) is 4. The van der Waals surface area contributed by atoms with E-state index in [0.29, 0.717) is 18.0 Å². The normalized spacial score (nSPS) is 14.3. The summed E-state index contributed by atoms with van der Waals surface area (Å²) >= 11 is 0. The molecule has 2 heterocycles. The van der Waals surface area contributed by atoms with Gasteiger partial charge >= 0.3 is 0 Å². The Bertz CT molecular complexity index is 1060. The number of amides is 1. The Morgan fingerprint density at radius 3 is 2.53 bits per heavy atom. The molecule has 6 nitrogen and oxygen atoms in total. The van der Waals surface area contributed by atoms with E-state index in [9.17, 15) is 10.0 Å². The summed E-state index contributed by atoms with van der Waals surface area (Å²) in [5.41, 5.74) is 4.29. The molecular weight excluding hydrogens is 378 g/mol. The first-order valence-electron chi connectivity index (χ1n) is 10.1. The molecule has 1 aliphatic rings. The molecule has 0 unspecified atom stereocenters. The third kappa shape index (κ3) is 5.08. The lowest BCUT2D eigenvalue weighted by molar-refractivity contribution is -0.150. The molecule has 1 fully saturated rings. The monoisotopic (exact) mass is 403 g/mol. The van der Waals surface area contributed by atoms with E-state index in [2.05, 4.69) is 47.1 Å². The van der Waals surface area contributed by atoms with Gasteiger partial charge in [0.15, 0.2) is 0 Å². The summed E-state index contributed by atoms with van der Waals surface area (Å²) in [4.78, 5) is 12.9. The van der Waals surface area contributed by atoms with Gasteiger partial charge in [0.2, 0.25) is 6.41 Å². The topological polar surface area (TPSA) is 57.9 Å². The predicted molar refractivity (Wildman–Crippen MR) is 115 cm³/mol. The fourth-order valence-corrected chi connectivity index (χ4v) is 3.59. The third-order valence-electron chi connectivity index (χ3n) is 5.28. The van der Waals surface area contributed by atoms with Crippen LogP contribution in [0.4, 0.5) is 0 Å². The summed E-state index contributed by atoms with van der Waals surface area (Å²) in [7, 11) is 0. The highest BCUT2D eigenvalue weighted by molar-refractivity contribution is 5.81. The van der Waals surface area contributed by atoms with Crippen LogP contribution < -0.4 is 0 Å². The van der Waals surface area contributed by atoms with Gasteiger partial charge in [-0.3, -0.25) is 14.9 Å². The molecule has 6 heteroatoms. The van der Waals surface area contributed by atoms with Crippen molar-refractivity contribution >= 4 is 17.3 Å². The van der Waals surface area contributed by atoms with Crippen LogP contribution in [0.5, 0.6) is 0 Å². The quantitative estimate of drug-likeness (QED) is 0.298. The second-order valence-electron chi connectivity index (χ2n) is 7.39. The molecule has 0 saturated carbocycles. The van der Waals surface area contributed by atoms with Crippen LogP contribution in [-0.2, 0) is 22.6 Å². The van der Waals surface area contributed by atoms with Crippen LogP contribution in [0.25, 0.3) is 10.9 Å². The molecule has 1 aliphatic heterocycles. The lowest BCUT2D eigenvalue weighted by atomic mass is 10.1. The zero-order valence-electron chi connectivity index (χ0n) is 16.8. The standard InChI is InChI=1S/C24H25N3O3/c28-19-27(29)12-11-26-10-9-23-17-21(7-8-24(23)26)4-1-20-2-5-22(6-3-20)18-25-13-15-30-16-14-25/h2-3,5-10,17,19,29H,11-16,18H2. The average Bonchev–Trinajstić information content (AvgIpc) is 3.20. The SMILES string of the molecule is O=CN(O)CCn1ccc2cc(C#Cc3ccc(CN4CCOCC4)cc3)ccc21. The van der Waals surface area contributed by atoms with Crippen molar-refractivity contribution in [1.82, 2.24) is 14.5 Å². The van der Waals surface area contributed by atoms with E-state index in [1.165, 1.54) is 5.56 Å². The summed E-state index contributed by atoms with van der Waals surface area (Å²) in [6.45, 7) is 5.33. The van der Waals surface area contributed by atoms with Crippen LogP contribution in [0.15, 0.2) is 54.7 Å². The number of aromatic nitrogens is 1. The fourth-order valence-electron chi connectivity index (χ4n) is 3.59. The average molecular weight is 403 g/mol. The Hall–Kier alpha value is -3.11. The lowest BCUT2D eigenvalue weighted by Crippen LogP contribution is -2.35. The van der Waals surface area contributed by atoms with Crippen LogP contribution in [0.3, 0.4) is 0 Å². The number of rotatable bonds is 6. The molecule has 1 saturated heterocycles. The minimum atomic E-state index is 0.246. The minimum Gasteiger partial charge on any atom is -0.379 e. The molecule has 4 rings (SSSR count). The van der Waals surface area contributed by atoms with Gasteiger partial charge in [-0.05, 0) is 42.0 Å². The molecule has 1 amide bonds. The number of nitrogens with zero attached hydrogens (tertiary/aromatic N) is 3. The van der Waals surface area contributed by atoms with Gasteiger partial charge in [0.05, 0.1) is 19.8 Å². The summed E-state index contributed by atoms with van der Waals surface area (Å²) in [5, 5.41) is 11.0. The van der Waals surface area contributed by atoms with Crippen molar-refractivity contribution in [2.24, 2.45) is 0 Å². The number of ether oxygens (including phenoxy) is 1. The molecule has 0 aliphatic carbocycles. The van der Waals surface area contributed by atoms with Gasteiger partial charge in [-0.1, -0.05) is 24.0 Å². The maximum Gasteiger partial charge on any atom is 0.233 e. The highest BCUT2D eigenvalue weighted by Crippen LogP contribution is 2.17.